The summed E-state index contributed by atoms with van der Waals surface area (Å²) in [6.45, 7) is 38.2. The lowest BCUT2D eigenvalue weighted by molar-refractivity contribution is -0.164. The maximum absolute atomic E-state index is 14.1. The Hall–Kier alpha value is -4.64. The molecule has 0 saturated carbocycles. The van der Waals surface area contributed by atoms with Gasteiger partial charge in [0.2, 0.25) is 0 Å². The fourth-order valence-electron chi connectivity index (χ4n) is 11.2. The van der Waals surface area contributed by atoms with Crippen LogP contribution in [0.15, 0.2) is 36.4 Å². The second-order valence-corrected chi connectivity index (χ2v) is 32.1. The third kappa shape index (κ3) is 27.2. The van der Waals surface area contributed by atoms with E-state index in [-0.39, 0.29) is 95.4 Å². The zero-order valence-electron chi connectivity index (χ0n) is 58.4. The molecule has 3 aromatic carbocycles. The fourth-order valence-corrected chi connectivity index (χ4v) is 11.4. The Morgan fingerprint density at radius 2 is 0.540 bits per heavy atom. The van der Waals surface area contributed by atoms with Crippen LogP contribution in [0.1, 0.15) is 316 Å². The summed E-state index contributed by atoms with van der Waals surface area (Å²) in [6.07, 6.45) is 23.2. The largest absolute Gasteiger partial charge is 0.507 e. The van der Waals surface area contributed by atoms with Crippen LogP contribution in [0.3, 0.4) is 0 Å². The highest BCUT2D eigenvalue weighted by Gasteiger charge is 2.38. The van der Waals surface area contributed by atoms with Gasteiger partial charge in [-0.15, -0.1) is 0 Å². The van der Waals surface area contributed by atoms with Gasteiger partial charge in [-0.05, 0) is 120 Å². The molecule has 3 N–H and O–H groups in total. The molecule has 0 heterocycles. The zero-order valence-corrected chi connectivity index (χ0v) is 59.2. The Morgan fingerprint density at radius 1 is 0.333 bits per heavy atom. The van der Waals surface area contributed by atoms with Crippen molar-refractivity contribution < 1.29 is 48.7 Å². The molecular weight excluding hydrogens is 1100 g/mol. The number of carbonyl (C=O) groups excluding carboxylic acids is 3. The van der Waals surface area contributed by atoms with E-state index in [9.17, 15) is 29.7 Å². The molecule has 0 fully saturated rings. The lowest BCUT2D eigenvalue weighted by Gasteiger charge is -2.32. The van der Waals surface area contributed by atoms with Crippen LogP contribution in [-0.2, 0) is 85.1 Å². The summed E-state index contributed by atoms with van der Waals surface area (Å²) in [5.41, 5.74) is 3.98. The quantitative estimate of drug-likeness (QED) is 0.0224. The van der Waals surface area contributed by atoms with Crippen molar-refractivity contribution in [2.45, 2.75) is 318 Å². The van der Waals surface area contributed by atoms with Gasteiger partial charge in [0, 0.05) is 25.7 Å². The summed E-state index contributed by atoms with van der Waals surface area (Å²) in [5, 5.41) is 34.7. The van der Waals surface area contributed by atoms with Crippen LogP contribution in [0.5, 0.6) is 17.2 Å². The first kappa shape index (κ1) is 76.6. The number of aromatic hydroxyl groups is 3. The first-order valence-electron chi connectivity index (χ1n) is 33.5. The van der Waals surface area contributed by atoms with Gasteiger partial charge in [-0.1, -0.05) is 271 Å². The van der Waals surface area contributed by atoms with E-state index in [1.54, 1.807) is 0 Å². The second-order valence-electron chi connectivity index (χ2n) is 31.7. The van der Waals surface area contributed by atoms with Crippen molar-refractivity contribution in [2.24, 2.45) is 5.41 Å². The fraction of sp³-hybridized carbons (Fsp3) is 0.711. The molecule has 0 saturated heterocycles. The number of phenolic OH excluding ortho intramolecular Hbond substituents is 3. The summed E-state index contributed by atoms with van der Waals surface area (Å²) >= 11 is 5.87. The number of rotatable bonds is 35. The number of phenols is 3. The van der Waals surface area contributed by atoms with Crippen molar-refractivity contribution in [3.8, 4) is 17.2 Å². The van der Waals surface area contributed by atoms with Crippen molar-refractivity contribution >= 4 is 35.2 Å². The number of carbonyl (C=O) groups is 3. The SMILES string of the molecule is CCCCCCCCCCCCCCCCCCCC(=S)OCC(COC(=O)CCc1cc(C(C)(C)C)c(O)c(C(C)(C)C)c1)(COC(=O)CCc1cc(C(C)(C)C)c(O)c(C(C)(C)C)c1)COC(=O)CCc1cc(C(C)(C)C)c(O)c(C(C)(C)C)c1. The maximum Gasteiger partial charge on any atom is 0.306 e. The molecule has 87 heavy (non-hydrogen) atoms. The summed E-state index contributed by atoms with van der Waals surface area (Å²) < 4.78 is 24.9. The highest BCUT2D eigenvalue weighted by Crippen LogP contribution is 2.43. The van der Waals surface area contributed by atoms with Gasteiger partial charge in [-0.3, -0.25) is 14.4 Å². The first-order valence-corrected chi connectivity index (χ1v) is 33.9. The molecule has 0 radical (unpaired) electrons. The van der Waals surface area contributed by atoms with Crippen molar-refractivity contribution in [3.05, 3.63) is 86.5 Å². The van der Waals surface area contributed by atoms with Crippen molar-refractivity contribution in [1.29, 1.82) is 0 Å². The number of esters is 3. The molecule has 0 unspecified atom stereocenters. The van der Waals surface area contributed by atoms with E-state index in [2.05, 4.69) is 132 Å². The number of hydrogen-bond donors (Lipinski definition) is 3. The monoisotopic (exact) mass is 1230 g/mol. The minimum Gasteiger partial charge on any atom is -0.507 e. The van der Waals surface area contributed by atoms with E-state index in [1.807, 2.05) is 36.4 Å². The molecule has 3 rings (SSSR count). The minimum absolute atomic E-state index is 0.0195. The Kier molecular flexibility index (Phi) is 30.4. The number of thiocarbonyl (C=S) groups is 1. The molecule has 0 aromatic heterocycles. The molecule has 0 spiro atoms. The molecule has 0 aliphatic heterocycles. The van der Waals surface area contributed by atoms with Crippen LogP contribution in [0.25, 0.3) is 0 Å². The van der Waals surface area contributed by atoms with Gasteiger partial charge in [0.15, 0.2) is 5.05 Å². The van der Waals surface area contributed by atoms with Gasteiger partial charge in [0.25, 0.3) is 0 Å². The molecule has 0 amide bonds. The van der Waals surface area contributed by atoms with Gasteiger partial charge in [0.1, 0.15) is 49.1 Å². The van der Waals surface area contributed by atoms with Crippen LogP contribution in [0, 0.1) is 5.41 Å². The molecule has 0 aliphatic carbocycles. The average Bonchev–Trinajstić information content (AvgIpc) is 0.937. The van der Waals surface area contributed by atoms with E-state index >= 15 is 0 Å². The molecule has 0 atom stereocenters. The van der Waals surface area contributed by atoms with Crippen LogP contribution >= 0.6 is 12.2 Å². The summed E-state index contributed by atoms with van der Waals surface area (Å²) in [5.74, 6) is -0.717. The Labute approximate surface area is 534 Å². The molecular formula is C76H122O10S. The molecule has 3 aromatic rings. The maximum atomic E-state index is 14.1. The standard InChI is InChI=1S/C76H122O10S/c1-20-21-22-23-24-25-26-27-28-29-30-31-32-33-34-35-36-37-66(87)86-53-76(50-83-63(77)41-38-54-44-57(70(2,3)4)67(80)58(45-54)71(5,6)7,51-84-64(78)42-39-55-46-59(72(8,9)10)68(81)60(47-55)73(11,12)13)52-85-65(79)43-40-56-48-61(74(14,15)16)69(82)62(49-56)75(17,18)19/h44-49,80-82H,20-43,50-53H2,1-19H3. The highest BCUT2D eigenvalue weighted by molar-refractivity contribution is 7.80. The van der Waals surface area contributed by atoms with Crippen LogP contribution < -0.4 is 0 Å². The van der Waals surface area contributed by atoms with E-state index in [0.717, 1.165) is 69.3 Å². The second kappa shape index (κ2) is 34.5. The van der Waals surface area contributed by atoms with Crippen LogP contribution in [-0.4, -0.2) is 64.7 Å². The number of aryl methyl sites for hydroxylation is 3. The molecule has 0 aliphatic rings. The number of ether oxygens (including phenoxy) is 4. The van der Waals surface area contributed by atoms with E-state index in [0.29, 0.717) is 30.7 Å². The smallest absolute Gasteiger partial charge is 0.306 e. The summed E-state index contributed by atoms with van der Waals surface area (Å²) in [4.78, 5) is 42.2. The van der Waals surface area contributed by atoms with Gasteiger partial charge in [-0.2, -0.15) is 0 Å². The Morgan fingerprint density at radius 3 is 0.759 bits per heavy atom. The van der Waals surface area contributed by atoms with Crippen LogP contribution in [0.2, 0.25) is 0 Å². The number of unbranched alkanes of at least 4 members (excludes halogenated alkanes) is 16. The van der Waals surface area contributed by atoms with E-state index in [1.165, 1.54) is 89.9 Å². The third-order valence-corrected chi connectivity index (χ3v) is 17.2. The van der Waals surface area contributed by atoms with Crippen molar-refractivity contribution in [3.63, 3.8) is 0 Å². The van der Waals surface area contributed by atoms with Crippen LogP contribution in [0.4, 0.5) is 0 Å². The first-order chi connectivity index (χ1) is 40.3. The predicted molar refractivity (Wildman–Crippen MR) is 364 cm³/mol. The Balaban J connectivity index is 1.90. The lowest BCUT2D eigenvalue weighted by atomic mass is 9.78. The van der Waals surface area contributed by atoms with E-state index in [4.69, 9.17) is 31.2 Å². The average molecular weight is 1230 g/mol. The molecule has 0 bridgehead atoms. The molecule has 10 nitrogen and oxygen atoms in total. The van der Waals surface area contributed by atoms with Gasteiger partial charge < -0.3 is 34.3 Å². The highest BCUT2D eigenvalue weighted by atomic mass is 32.1. The topological polar surface area (TPSA) is 149 Å². The van der Waals surface area contributed by atoms with Gasteiger partial charge >= 0.3 is 17.9 Å². The normalized spacial score (nSPS) is 12.8. The zero-order chi connectivity index (χ0) is 65.6. The van der Waals surface area contributed by atoms with Gasteiger partial charge in [0.05, 0.1) is 0 Å². The van der Waals surface area contributed by atoms with E-state index < -0.39 is 23.3 Å². The van der Waals surface area contributed by atoms with Crippen molar-refractivity contribution in [2.75, 3.05) is 26.4 Å². The summed E-state index contributed by atoms with van der Waals surface area (Å²) in [7, 11) is 0. The lowest BCUT2D eigenvalue weighted by Crippen LogP contribution is -2.44. The number of benzene rings is 3. The Bertz CT molecular complexity index is 2290. The molecule has 492 valence electrons. The van der Waals surface area contributed by atoms with Gasteiger partial charge in [-0.25, -0.2) is 0 Å². The third-order valence-electron chi connectivity index (χ3n) is 16.9. The molecule has 11 heteroatoms. The number of hydrogen-bond acceptors (Lipinski definition) is 11. The minimum atomic E-state index is -1.36. The summed E-state index contributed by atoms with van der Waals surface area (Å²) in [6, 6.07) is 11.8. The van der Waals surface area contributed by atoms with Crippen molar-refractivity contribution in [1.82, 2.24) is 0 Å². The predicted octanol–water partition coefficient (Wildman–Crippen LogP) is 19.8.